The SMILES string of the molecule is C#CCc1ccc(N2CCN(C)CC2)cc1CC. The van der Waals surface area contributed by atoms with E-state index in [4.69, 9.17) is 6.42 Å². The summed E-state index contributed by atoms with van der Waals surface area (Å²) >= 11 is 0. The summed E-state index contributed by atoms with van der Waals surface area (Å²) in [7, 11) is 2.19. The van der Waals surface area contributed by atoms with Gasteiger partial charge < -0.3 is 9.80 Å². The molecule has 1 aliphatic rings. The number of rotatable bonds is 3. The maximum absolute atomic E-state index is 5.41. The quantitative estimate of drug-likeness (QED) is 0.750. The van der Waals surface area contributed by atoms with E-state index in [2.05, 4.69) is 47.9 Å². The topological polar surface area (TPSA) is 6.48 Å². The molecule has 0 radical (unpaired) electrons. The van der Waals surface area contributed by atoms with Gasteiger partial charge in [0, 0.05) is 38.3 Å². The molecule has 18 heavy (non-hydrogen) atoms. The number of anilines is 1. The minimum atomic E-state index is 0.742. The number of benzene rings is 1. The second kappa shape index (κ2) is 5.93. The van der Waals surface area contributed by atoms with Crippen molar-refractivity contribution in [3.05, 3.63) is 29.3 Å². The number of nitrogens with zero attached hydrogens (tertiary/aromatic N) is 2. The number of hydrogen-bond donors (Lipinski definition) is 0. The molecular weight excluding hydrogens is 220 g/mol. The van der Waals surface area contributed by atoms with Gasteiger partial charge in [-0.2, -0.15) is 0 Å². The molecule has 0 aliphatic carbocycles. The zero-order valence-electron chi connectivity index (χ0n) is 11.4. The Morgan fingerprint density at radius 2 is 1.89 bits per heavy atom. The second-order valence-corrected chi connectivity index (χ2v) is 4.98. The van der Waals surface area contributed by atoms with Gasteiger partial charge in [-0.1, -0.05) is 13.0 Å². The highest BCUT2D eigenvalue weighted by molar-refractivity contribution is 5.52. The zero-order valence-corrected chi connectivity index (χ0v) is 11.4. The van der Waals surface area contributed by atoms with Gasteiger partial charge in [-0.15, -0.1) is 12.3 Å². The van der Waals surface area contributed by atoms with Gasteiger partial charge in [-0.25, -0.2) is 0 Å². The fourth-order valence-electron chi connectivity index (χ4n) is 2.49. The molecule has 1 aromatic carbocycles. The Bertz CT molecular complexity index is 437. The average Bonchev–Trinajstić information content (AvgIpc) is 2.40. The summed E-state index contributed by atoms with van der Waals surface area (Å²) in [6.07, 6.45) is 7.21. The molecule has 1 saturated heterocycles. The van der Waals surface area contributed by atoms with Gasteiger partial charge in [-0.05, 0) is 36.7 Å². The number of likely N-dealkylation sites (N-methyl/N-ethyl adjacent to an activating group) is 1. The molecule has 0 bridgehead atoms. The lowest BCUT2D eigenvalue weighted by Crippen LogP contribution is -2.44. The third kappa shape index (κ3) is 2.86. The van der Waals surface area contributed by atoms with Crippen LogP contribution in [-0.2, 0) is 12.8 Å². The van der Waals surface area contributed by atoms with E-state index < -0.39 is 0 Å². The largest absolute Gasteiger partial charge is 0.369 e. The minimum absolute atomic E-state index is 0.742. The van der Waals surface area contributed by atoms with Crippen LogP contribution < -0.4 is 4.90 Å². The Hall–Kier alpha value is -1.46. The van der Waals surface area contributed by atoms with Crippen LogP contribution in [0.5, 0.6) is 0 Å². The van der Waals surface area contributed by atoms with Crippen LogP contribution in [0.15, 0.2) is 18.2 Å². The fourth-order valence-corrected chi connectivity index (χ4v) is 2.49. The first-order valence-corrected chi connectivity index (χ1v) is 6.73. The molecule has 0 spiro atoms. The molecule has 1 fully saturated rings. The molecule has 2 heteroatoms. The van der Waals surface area contributed by atoms with Crippen LogP contribution in [0.4, 0.5) is 5.69 Å². The highest BCUT2D eigenvalue weighted by atomic mass is 15.2. The van der Waals surface area contributed by atoms with Gasteiger partial charge in [0.2, 0.25) is 0 Å². The van der Waals surface area contributed by atoms with Gasteiger partial charge in [-0.3, -0.25) is 0 Å². The summed E-state index contributed by atoms with van der Waals surface area (Å²) in [6, 6.07) is 6.74. The molecule has 1 aliphatic heterocycles. The van der Waals surface area contributed by atoms with Gasteiger partial charge in [0.25, 0.3) is 0 Å². The predicted octanol–water partition coefficient (Wildman–Crippen LogP) is 2.18. The molecule has 2 rings (SSSR count). The summed E-state index contributed by atoms with van der Waals surface area (Å²) in [5.41, 5.74) is 4.04. The molecular formula is C16H22N2. The number of aryl methyl sites for hydroxylation is 1. The second-order valence-electron chi connectivity index (χ2n) is 4.98. The predicted molar refractivity (Wildman–Crippen MR) is 78.1 cm³/mol. The van der Waals surface area contributed by atoms with Gasteiger partial charge in [0.1, 0.15) is 0 Å². The van der Waals surface area contributed by atoms with Crippen LogP contribution in [0, 0.1) is 12.3 Å². The van der Waals surface area contributed by atoms with Crippen LogP contribution in [0.25, 0.3) is 0 Å². The molecule has 0 unspecified atom stereocenters. The summed E-state index contributed by atoms with van der Waals surface area (Å²) < 4.78 is 0. The molecule has 96 valence electrons. The summed E-state index contributed by atoms with van der Waals surface area (Å²) in [6.45, 7) is 6.73. The van der Waals surface area contributed by atoms with E-state index >= 15 is 0 Å². The Balaban J connectivity index is 2.17. The molecule has 0 saturated carbocycles. The van der Waals surface area contributed by atoms with E-state index in [0.717, 1.165) is 39.0 Å². The van der Waals surface area contributed by atoms with Crippen molar-refractivity contribution in [3.8, 4) is 12.3 Å². The summed E-state index contributed by atoms with van der Waals surface area (Å²) in [4.78, 5) is 4.85. The van der Waals surface area contributed by atoms with Crippen LogP contribution in [-0.4, -0.2) is 38.1 Å². The van der Waals surface area contributed by atoms with Crippen molar-refractivity contribution in [1.82, 2.24) is 4.90 Å². The van der Waals surface area contributed by atoms with Crippen LogP contribution in [0.3, 0.4) is 0 Å². The maximum atomic E-state index is 5.41. The molecule has 1 heterocycles. The van der Waals surface area contributed by atoms with Gasteiger partial charge in [0.05, 0.1) is 0 Å². The van der Waals surface area contributed by atoms with Crippen molar-refractivity contribution < 1.29 is 0 Å². The molecule has 0 N–H and O–H groups in total. The van der Waals surface area contributed by atoms with E-state index in [1.165, 1.54) is 16.8 Å². The van der Waals surface area contributed by atoms with E-state index in [1.54, 1.807) is 0 Å². The highest BCUT2D eigenvalue weighted by Crippen LogP contribution is 2.21. The maximum Gasteiger partial charge on any atom is 0.0370 e. The number of terminal acetylenes is 1. The lowest BCUT2D eigenvalue weighted by atomic mass is 10.0. The average molecular weight is 242 g/mol. The Morgan fingerprint density at radius 1 is 1.17 bits per heavy atom. The van der Waals surface area contributed by atoms with Crippen LogP contribution in [0.2, 0.25) is 0 Å². The summed E-state index contributed by atoms with van der Waals surface area (Å²) in [5.74, 6) is 2.74. The monoisotopic (exact) mass is 242 g/mol. The van der Waals surface area contributed by atoms with Crippen molar-refractivity contribution >= 4 is 5.69 Å². The van der Waals surface area contributed by atoms with Crippen molar-refractivity contribution in [2.75, 3.05) is 38.1 Å². The number of piperazine rings is 1. The van der Waals surface area contributed by atoms with Crippen molar-refractivity contribution in [2.24, 2.45) is 0 Å². The first-order chi connectivity index (χ1) is 8.74. The van der Waals surface area contributed by atoms with Gasteiger partial charge >= 0.3 is 0 Å². The van der Waals surface area contributed by atoms with Crippen LogP contribution >= 0.6 is 0 Å². The normalized spacial score (nSPS) is 16.6. The van der Waals surface area contributed by atoms with Crippen molar-refractivity contribution in [3.63, 3.8) is 0 Å². The molecule has 1 aromatic rings. The lowest BCUT2D eigenvalue weighted by Gasteiger charge is -2.34. The van der Waals surface area contributed by atoms with Gasteiger partial charge in [0.15, 0.2) is 0 Å². The standard InChI is InChI=1S/C16H22N2/c1-4-6-15-7-8-16(13-14(15)5-2)18-11-9-17(3)10-12-18/h1,7-8,13H,5-6,9-12H2,2-3H3. The summed E-state index contributed by atoms with van der Waals surface area (Å²) in [5, 5.41) is 0. The van der Waals surface area contributed by atoms with Crippen LogP contribution in [0.1, 0.15) is 18.1 Å². The first-order valence-electron chi connectivity index (χ1n) is 6.73. The number of hydrogen-bond acceptors (Lipinski definition) is 2. The molecule has 2 nitrogen and oxygen atoms in total. The smallest absolute Gasteiger partial charge is 0.0370 e. The fraction of sp³-hybridized carbons (Fsp3) is 0.500. The first kappa shape index (κ1) is 13.0. The Labute approximate surface area is 111 Å². The Morgan fingerprint density at radius 3 is 2.50 bits per heavy atom. The van der Waals surface area contributed by atoms with E-state index in [0.29, 0.717) is 0 Å². The zero-order chi connectivity index (χ0) is 13.0. The third-order valence-corrected chi connectivity index (χ3v) is 3.73. The van der Waals surface area contributed by atoms with Crippen molar-refractivity contribution in [2.45, 2.75) is 19.8 Å². The third-order valence-electron chi connectivity index (χ3n) is 3.73. The van der Waals surface area contributed by atoms with E-state index in [1.807, 2.05) is 0 Å². The van der Waals surface area contributed by atoms with E-state index in [-0.39, 0.29) is 0 Å². The molecule has 0 atom stereocenters. The molecule has 0 aromatic heterocycles. The molecule has 0 amide bonds. The Kier molecular flexibility index (Phi) is 4.28. The minimum Gasteiger partial charge on any atom is -0.369 e. The lowest BCUT2D eigenvalue weighted by molar-refractivity contribution is 0.313. The van der Waals surface area contributed by atoms with E-state index in [9.17, 15) is 0 Å². The van der Waals surface area contributed by atoms with Crippen molar-refractivity contribution in [1.29, 1.82) is 0 Å². The highest BCUT2D eigenvalue weighted by Gasteiger charge is 2.14.